The van der Waals surface area contributed by atoms with Crippen LogP contribution in [0.4, 0.5) is 0 Å². The normalized spacial score (nSPS) is 19.9. The lowest BCUT2D eigenvalue weighted by atomic mass is 10.3. The summed E-state index contributed by atoms with van der Waals surface area (Å²) in [6.45, 7) is 0.562. The monoisotopic (exact) mass is 304 g/mol. The fourth-order valence-corrected chi connectivity index (χ4v) is 2.32. The summed E-state index contributed by atoms with van der Waals surface area (Å²) < 4.78 is -2.31. The SMILES string of the molecule is O=C(/C(=C1\NCCCS1)[N+](=O)[O-])C(Cl)(Cl)Cl. The lowest BCUT2D eigenvalue weighted by Crippen LogP contribution is -2.31. The highest BCUT2D eigenvalue weighted by Gasteiger charge is 2.42. The molecule has 0 aromatic heterocycles. The van der Waals surface area contributed by atoms with Gasteiger partial charge in [-0.05, 0) is 6.42 Å². The van der Waals surface area contributed by atoms with Gasteiger partial charge in [-0.3, -0.25) is 14.9 Å². The molecule has 0 spiro atoms. The number of nitro groups is 1. The van der Waals surface area contributed by atoms with Crippen LogP contribution in [0.5, 0.6) is 0 Å². The number of nitrogens with zero attached hydrogens (tertiary/aromatic N) is 1. The largest absolute Gasteiger partial charge is 0.374 e. The molecule has 90 valence electrons. The van der Waals surface area contributed by atoms with Crippen molar-refractivity contribution in [3.8, 4) is 0 Å². The standard InChI is InChI=1S/C7H7Cl3N2O3S/c8-7(9,10)5(13)4(12(14)15)6-11-2-1-3-16-6/h11H,1-3H2/b6-4-. The molecule has 0 amide bonds. The summed E-state index contributed by atoms with van der Waals surface area (Å²) in [5.74, 6) is -0.438. The van der Waals surface area contributed by atoms with Crippen molar-refractivity contribution in [1.29, 1.82) is 0 Å². The molecule has 1 aliphatic heterocycles. The van der Waals surface area contributed by atoms with Gasteiger partial charge in [-0.1, -0.05) is 34.8 Å². The Bertz CT molecular complexity index is 345. The van der Waals surface area contributed by atoms with Crippen LogP contribution in [-0.2, 0) is 4.79 Å². The minimum absolute atomic E-state index is 0.160. The summed E-state index contributed by atoms with van der Waals surface area (Å²) in [5.41, 5.74) is -0.690. The van der Waals surface area contributed by atoms with Crippen LogP contribution in [0.2, 0.25) is 0 Å². The Labute approximate surface area is 111 Å². The maximum absolute atomic E-state index is 11.6. The van der Waals surface area contributed by atoms with Crippen LogP contribution in [0, 0.1) is 10.1 Å². The molecule has 0 aromatic rings. The van der Waals surface area contributed by atoms with E-state index in [2.05, 4.69) is 5.32 Å². The Hall–Kier alpha value is -0.170. The van der Waals surface area contributed by atoms with Crippen molar-refractivity contribution in [1.82, 2.24) is 5.32 Å². The number of carbonyl (C=O) groups excluding carboxylic acids is 1. The molecule has 1 saturated heterocycles. The molecule has 5 nitrogen and oxygen atoms in total. The number of rotatable bonds is 2. The van der Waals surface area contributed by atoms with E-state index in [1.165, 1.54) is 11.8 Å². The molecule has 0 unspecified atom stereocenters. The third-order valence-electron chi connectivity index (χ3n) is 1.72. The van der Waals surface area contributed by atoms with Crippen LogP contribution in [0.25, 0.3) is 0 Å². The van der Waals surface area contributed by atoms with Crippen LogP contribution in [-0.4, -0.2) is 26.8 Å². The van der Waals surface area contributed by atoms with Gasteiger partial charge in [-0.2, -0.15) is 0 Å². The number of halogens is 3. The molecule has 0 atom stereocenters. The molecule has 0 aromatic carbocycles. The third-order valence-corrected chi connectivity index (χ3v) is 3.36. The van der Waals surface area contributed by atoms with Gasteiger partial charge in [-0.15, -0.1) is 11.8 Å². The van der Waals surface area contributed by atoms with E-state index in [4.69, 9.17) is 34.8 Å². The molecule has 0 bridgehead atoms. The summed E-state index contributed by atoms with van der Waals surface area (Å²) in [6, 6.07) is 0. The van der Waals surface area contributed by atoms with E-state index < -0.39 is 20.2 Å². The van der Waals surface area contributed by atoms with Crippen LogP contribution >= 0.6 is 46.6 Å². The van der Waals surface area contributed by atoms with Crippen molar-refractivity contribution in [3.05, 3.63) is 20.8 Å². The minimum Gasteiger partial charge on any atom is -0.374 e. The number of Topliss-reactive ketones (excluding diaryl/α,β-unsaturated/α-hetero) is 1. The molecule has 0 saturated carbocycles. The van der Waals surface area contributed by atoms with Crippen molar-refractivity contribution in [3.63, 3.8) is 0 Å². The Balaban J connectivity index is 3.08. The van der Waals surface area contributed by atoms with Gasteiger partial charge < -0.3 is 5.32 Å². The first kappa shape index (κ1) is 13.9. The zero-order valence-electron chi connectivity index (χ0n) is 7.84. The molecule has 16 heavy (non-hydrogen) atoms. The predicted molar refractivity (Wildman–Crippen MR) is 64.4 cm³/mol. The highest BCUT2D eigenvalue weighted by molar-refractivity contribution is 8.03. The van der Waals surface area contributed by atoms with Crippen molar-refractivity contribution in [2.45, 2.75) is 10.2 Å². The number of ketones is 1. The Kier molecular flexibility index (Phi) is 4.73. The van der Waals surface area contributed by atoms with Gasteiger partial charge >= 0.3 is 5.70 Å². The lowest BCUT2D eigenvalue weighted by Gasteiger charge is -2.16. The minimum atomic E-state index is -2.31. The Morgan fingerprint density at radius 1 is 1.50 bits per heavy atom. The number of allylic oxidation sites excluding steroid dienone is 1. The number of nitrogens with one attached hydrogen (secondary N) is 1. The van der Waals surface area contributed by atoms with Crippen LogP contribution < -0.4 is 5.32 Å². The zero-order chi connectivity index (χ0) is 12.3. The maximum atomic E-state index is 11.6. The molecule has 1 aliphatic rings. The number of thioether (sulfide) groups is 1. The van der Waals surface area contributed by atoms with Crippen molar-refractivity contribution >= 4 is 52.3 Å². The number of hydrogen-bond acceptors (Lipinski definition) is 5. The second-order valence-electron chi connectivity index (χ2n) is 2.89. The number of hydrogen-bond donors (Lipinski definition) is 1. The average molecular weight is 306 g/mol. The molecule has 1 heterocycles. The van der Waals surface area contributed by atoms with Crippen molar-refractivity contribution in [2.24, 2.45) is 0 Å². The van der Waals surface area contributed by atoms with Gasteiger partial charge in [0.05, 0.1) is 4.92 Å². The molecular formula is C7H7Cl3N2O3S. The first-order valence-electron chi connectivity index (χ1n) is 4.21. The van der Waals surface area contributed by atoms with E-state index in [0.717, 1.165) is 6.42 Å². The Morgan fingerprint density at radius 3 is 2.50 bits per heavy atom. The first-order chi connectivity index (χ1) is 7.34. The summed E-state index contributed by atoms with van der Waals surface area (Å²) in [5, 5.41) is 13.7. The zero-order valence-corrected chi connectivity index (χ0v) is 10.9. The van der Waals surface area contributed by atoms with Crippen LogP contribution in [0.1, 0.15) is 6.42 Å². The first-order valence-corrected chi connectivity index (χ1v) is 6.33. The molecule has 0 radical (unpaired) electrons. The van der Waals surface area contributed by atoms with Gasteiger partial charge in [-0.25, -0.2) is 0 Å². The third kappa shape index (κ3) is 3.41. The smallest absolute Gasteiger partial charge is 0.346 e. The Morgan fingerprint density at radius 2 is 2.12 bits per heavy atom. The van der Waals surface area contributed by atoms with E-state index in [-0.39, 0.29) is 5.03 Å². The van der Waals surface area contributed by atoms with Gasteiger partial charge in [0.25, 0.3) is 9.58 Å². The molecule has 1 N–H and O–H groups in total. The van der Waals surface area contributed by atoms with Crippen molar-refractivity contribution < 1.29 is 9.72 Å². The second-order valence-corrected chi connectivity index (χ2v) is 6.28. The molecule has 1 fully saturated rings. The highest BCUT2D eigenvalue weighted by atomic mass is 35.6. The van der Waals surface area contributed by atoms with E-state index in [0.29, 0.717) is 12.3 Å². The van der Waals surface area contributed by atoms with Gasteiger partial charge in [0.15, 0.2) is 5.03 Å². The molecular weight excluding hydrogens is 299 g/mol. The predicted octanol–water partition coefficient (Wildman–Crippen LogP) is 2.10. The van der Waals surface area contributed by atoms with E-state index in [9.17, 15) is 14.9 Å². The van der Waals surface area contributed by atoms with E-state index >= 15 is 0 Å². The lowest BCUT2D eigenvalue weighted by molar-refractivity contribution is -0.419. The fraction of sp³-hybridized carbons (Fsp3) is 0.571. The fourth-order valence-electron chi connectivity index (χ4n) is 1.05. The van der Waals surface area contributed by atoms with E-state index in [1.54, 1.807) is 0 Å². The van der Waals surface area contributed by atoms with Crippen LogP contribution in [0.15, 0.2) is 10.7 Å². The van der Waals surface area contributed by atoms with E-state index in [1.807, 2.05) is 0 Å². The topological polar surface area (TPSA) is 72.2 Å². The van der Waals surface area contributed by atoms with Crippen molar-refractivity contribution in [2.75, 3.05) is 12.3 Å². The average Bonchev–Trinajstić information content (AvgIpc) is 2.17. The second kappa shape index (κ2) is 5.44. The molecule has 1 rings (SSSR count). The highest BCUT2D eigenvalue weighted by Crippen LogP contribution is 2.33. The number of alkyl halides is 3. The summed E-state index contributed by atoms with van der Waals surface area (Å²) >= 11 is 17.2. The summed E-state index contributed by atoms with van der Waals surface area (Å²) in [4.78, 5) is 21.5. The van der Waals surface area contributed by atoms with Gasteiger partial charge in [0.2, 0.25) is 0 Å². The molecule has 9 heteroatoms. The molecule has 0 aliphatic carbocycles. The summed E-state index contributed by atoms with van der Waals surface area (Å²) in [7, 11) is 0. The maximum Gasteiger partial charge on any atom is 0.346 e. The quantitative estimate of drug-likeness (QED) is 0.366. The summed E-state index contributed by atoms with van der Waals surface area (Å²) in [6.07, 6.45) is 0.862. The van der Waals surface area contributed by atoms with Crippen LogP contribution in [0.3, 0.4) is 0 Å². The van der Waals surface area contributed by atoms with Gasteiger partial charge in [0.1, 0.15) is 0 Å². The van der Waals surface area contributed by atoms with Gasteiger partial charge in [0, 0.05) is 12.3 Å². The number of carbonyl (C=O) groups is 1.